The number of nitrogens with one attached hydrogen (secondary N) is 1. The molecular formula is C9H8ClF2NO3. The lowest BCUT2D eigenvalue weighted by atomic mass is 10.1. The van der Waals surface area contributed by atoms with Crippen LogP contribution in [0.15, 0.2) is 11.0 Å². The molecule has 0 fully saturated rings. The predicted molar refractivity (Wildman–Crippen MR) is 52.9 cm³/mol. The Bertz CT molecular complexity index is 459. The van der Waals surface area contributed by atoms with Gasteiger partial charge in [-0.05, 0) is 0 Å². The molecule has 0 aliphatic heterocycles. The van der Waals surface area contributed by atoms with Crippen molar-refractivity contribution in [3.8, 4) is 0 Å². The molecule has 16 heavy (non-hydrogen) atoms. The maximum atomic E-state index is 12.5. The van der Waals surface area contributed by atoms with E-state index in [1.165, 1.54) is 0 Å². The fourth-order valence-electron chi connectivity index (χ4n) is 1.25. The van der Waals surface area contributed by atoms with Crippen LogP contribution in [0.4, 0.5) is 8.78 Å². The normalized spacial score (nSPS) is 10.8. The van der Waals surface area contributed by atoms with E-state index in [1.54, 1.807) is 0 Å². The smallest absolute Gasteiger partial charge is 0.308 e. The number of rotatable bonds is 4. The van der Waals surface area contributed by atoms with E-state index in [1.807, 2.05) is 0 Å². The molecule has 7 heteroatoms. The number of aromatic amines is 1. The minimum atomic E-state index is -2.92. The Morgan fingerprint density at radius 2 is 2.19 bits per heavy atom. The summed E-state index contributed by atoms with van der Waals surface area (Å²) in [5.74, 6) is -1.51. The summed E-state index contributed by atoms with van der Waals surface area (Å²) in [6.07, 6.45) is -2.60. The predicted octanol–water partition coefficient (Wildman–Crippen LogP) is 1.68. The van der Waals surface area contributed by atoms with Crippen LogP contribution in [0.1, 0.15) is 23.2 Å². The van der Waals surface area contributed by atoms with Crippen molar-refractivity contribution in [3.63, 3.8) is 0 Å². The fraction of sp³-hybridized carbons (Fsp3) is 0.333. The highest BCUT2D eigenvalue weighted by Crippen LogP contribution is 2.19. The first-order valence-corrected chi connectivity index (χ1v) is 4.80. The molecule has 0 radical (unpaired) electrons. The molecule has 1 aromatic rings. The second kappa shape index (κ2) is 5.07. The molecule has 2 N–H and O–H groups in total. The molecule has 1 heterocycles. The van der Waals surface area contributed by atoms with Crippen LogP contribution in [0, 0.1) is 0 Å². The lowest BCUT2D eigenvalue weighted by Crippen LogP contribution is -2.21. The van der Waals surface area contributed by atoms with Gasteiger partial charge in [-0.3, -0.25) is 9.59 Å². The highest BCUT2D eigenvalue weighted by molar-refractivity contribution is 6.17. The van der Waals surface area contributed by atoms with Crippen LogP contribution in [0.2, 0.25) is 0 Å². The van der Waals surface area contributed by atoms with Gasteiger partial charge in [0.1, 0.15) is 0 Å². The van der Waals surface area contributed by atoms with Gasteiger partial charge in [-0.1, -0.05) is 0 Å². The van der Waals surface area contributed by atoms with Gasteiger partial charge in [-0.15, -0.1) is 11.6 Å². The molecule has 1 rings (SSSR count). The van der Waals surface area contributed by atoms with Crippen molar-refractivity contribution in [2.24, 2.45) is 0 Å². The average molecular weight is 252 g/mol. The van der Waals surface area contributed by atoms with Crippen LogP contribution in [-0.2, 0) is 17.1 Å². The van der Waals surface area contributed by atoms with E-state index in [9.17, 15) is 18.4 Å². The minimum Gasteiger partial charge on any atom is -0.481 e. The fourth-order valence-corrected chi connectivity index (χ4v) is 1.45. The SMILES string of the molecule is O=C(O)Cc1c(C(F)F)[nH]cc(CCl)c1=O. The molecule has 88 valence electrons. The van der Waals surface area contributed by atoms with Crippen molar-refractivity contribution < 1.29 is 18.7 Å². The number of halogens is 3. The van der Waals surface area contributed by atoms with Crippen molar-refractivity contribution in [3.05, 3.63) is 33.2 Å². The lowest BCUT2D eigenvalue weighted by Gasteiger charge is -2.07. The largest absolute Gasteiger partial charge is 0.481 e. The van der Waals surface area contributed by atoms with E-state index >= 15 is 0 Å². The summed E-state index contributed by atoms with van der Waals surface area (Å²) in [6.45, 7) is 0. The third-order valence-electron chi connectivity index (χ3n) is 1.98. The van der Waals surface area contributed by atoms with Crippen LogP contribution in [0.3, 0.4) is 0 Å². The van der Waals surface area contributed by atoms with E-state index in [4.69, 9.17) is 16.7 Å². The van der Waals surface area contributed by atoms with Gasteiger partial charge in [0.2, 0.25) is 0 Å². The van der Waals surface area contributed by atoms with Gasteiger partial charge < -0.3 is 10.1 Å². The van der Waals surface area contributed by atoms with Crippen LogP contribution >= 0.6 is 11.6 Å². The van der Waals surface area contributed by atoms with Crippen LogP contribution < -0.4 is 5.43 Å². The Morgan fingerprint density at radius 1 is 1.56 bits per heavy atom. The third kappa shape index (κ3) is 2.57. The topological polar surface area (TPSA) is 70.2 Å². The Morgan fingerprint density at radius 3 is 2.62 bits per heavy atom. The van der Waals surface area contributed by atoms with Gasteiger partial charge >= 0.3 is 5.97 Å². The Balaban J connectivity index is 3.36. The summed E-state index contributed by atoms with van der Waals surface area (Å²) < 4.78 is 25.0. The van der Waals surface area contributed by atoms with Crippen molar-refractivity contribution >= 4 is 17.6 Å². The summed E-state index contributed by atoms with van der Waals surface area (Å²) in [5.41, 5.74) is -1.78. The van der Waals surface area contributed by atoms with E-state index in [0.717, 1.165) is 6.20 Å². The first-order chi connectivity index (χ1) is 7.47. The molecule has 0 saturated carbocycles. The number of hydrogen-bond donors (Lipinski definition) is 2. The maximum absolute atomic E-state index is 12.5. The Kier molecular flexibility index (Phi) is 4.00. The molecule has 4 nitrogen and oxygen atoms in total. The van der Waals surface area contributed by atoms with Gasteiger partial charge in [-0.2, -0.15) is 0 Å². The van der Waals surface area contributed by atoms with E-state index in [-0.39, 0.29) is 11.4 Å². The summed E-state index contributed by atoms with van der Waals surface area (Å²) in [5, 5.41) is 8.53. The first kappa shape index (κ1) is 12.6. The van der Waals surface area contributed by atoms with Crippen LogP contribution in [0.5, 0.6) is 0 Å². The lowest BCUT2D eigenvalue weighted by molar-refractivity contribution is -0.136. The molecule has 0 aromatic carbocycles. The number of aliphatic carboxylic acids is 1. The standard InChI is InChI=1S/C9H8ClF2NO3/c10-2-4-3-13-7(9(11)12)5(8(4)16)1-6(14)15/h3,9H,1-2H2,(H,13,16)(H,14,15). The second-order valence-corrected chi connectivity index (χ2v) is 3.31. The monoisotopic (exact) mass is 251 g/mol. The number of H-pyrrole nitrogens is 1. The third-order valence-corrected chi connectivity index (χ3v) is 2.27. The molecule has 0 spiro atoms. The highest BCUT2D eigenvalue weighted by atomic mass is 35.5. The molecule has 0 bridgehead atoms. The second-order valence-electron chi connectivity index (χ2n) is 3.04. The van der Waals surface area contributed by atoms with E-state index in [0.29, 0.717) is 0 Å². The zero-order valence-corrected chi connectivity index (χ0v) is 8.72. The number of carboxylic acid groups (broad SMARTS) is 1. The molecule has 0 saturated heterocycles. The van der Waals surface area contributed by atoms with E-state index < -0.39 is 35.5 Å². The molecular weight excluding hydrogens is 244 g/mol. The van der Waals surface area contributed by atoms with Gasteiger partial charge in [0.25, 0.3) is 6.43 Å². The quantitative estimate of drug-likeness (QED) is 0.800. The molecule has 0 aliphatic carbocycles. The first-order valence-electron chi connectivity index (χ1n) is 4.26. The van der Waals surface area contributed by atoms with Crippen molar-refractivity contribution in [1.82, 2.24) is 4.98 Å². The number of alkyl halides is 3. The molecule has 0 aliphatic rings. The van der Waals surface area contributed by atoms with Crippen LogP contribution in [-0.4, -0.2) is 16.1 Å². The highest BCUT2D eigenvalue weighted by Gasteiger charge is 2.20. The van der Waals surface area contributed by atoms with Gasteiger partial charge in [0.15, 0.2) is 5.43 Å². The maximum Gasteiger partial charge on any atom is 0.308 e. The van der Waals surface area contributed by atoms with Crippen LogP contribution in [0.25, 0.3) is 0 Å². The molecule has 0 atom stereocenters. The molecule has 0 unspecified atom stereocenters. The number of carbonyl (C=O) groups is 1. The van der Waals surface area contributed by atoms with Crippen molar-refractivity contribution in [2.75, 3.05) is 0 Å². The summed E-state index contributed by atoms with van der Waals surface area (Å²) in [4.78, 5) is 24.2. The van der Waals surface area contributed by atoms with Gasteiger partial charge in [0, 0.05) is 17.3 Å². The summed E-state index contributed by atoms with van der Waals surface area (Å²) in [7, 11) is 0. The zero-order valence-electron chi connectivity index (χ0n) is 7.97. The minimum absolute atomic E-state index is 0.0716. The molecule has 1 aromatic heterocycles. The summed E-state index contributed by atoms with van der Waals surface area (Å²) >= 11 is 5.42. The number of aromatic nitrogens is 1. The summed E-state index contributed by atoms with van der Waals surface area (Å²) in [6, 6.07) is 0. The Hall–Kier alpha value is -1.43. The number of hydrogen-bond acceptors (Lipinski definition) is 2. The van der Waals surface area contributed by atoms with E-state index in [2.05, 4.69) is 4.98 Å². The molecule has 0 amide bonds. The Labute approximate surface area is 93.9 Å². The zero-order chi connectivity index (χ0) is 12.3. The number of pyridine rings is 1. The number of carboxylic acids is 1. The van der Waals surface area contributed by atoms with Crippen molar-refractivity contribution in [2.45, 2.75) is 18.7 Å². The van der Waals surface area contributed by atoms with Crippen molar-refractivity contribution in [1.29, 1.82) is 0 Å². The average Bonchev–Trinajstić information content (AvgIpc) is 2.19. The van der Waals surface area contributed by atoms with Gasteiger partial charge in [0.05, 0.1) is 18.0 Å². The van der Waals surface area contributed by atoms with Gasteiger partial charge in [-0.25, -0.2) is 8.78 Å².